The summed E-state index contributed by atoms with van der Waals surface area (Å²) in [5, 5.41) is 14.5. The number of para-hydroxylation sites is 1. The summed E-state index contributed by atoms with van der Waals surface area (Å²) in [6, 6.07) is 13.4. The maximum absolute atomic E-state index is 3.76. The minimum Gasteiger partial charge on any atom is -0.384 e. The van der Waals surface area contributed by atoms with Gasteiger partial charge in [0.15, 0.2) is 0 Å². The molecular weight excluding hydrogens is 516 g/mol. The van der Waals surface area contributed by atoms with Gasteiger partial charge in [-0.1, -0.05) is 39.7 Å². The average molecular weight is 544 g/mol. The van der Waals surface area contributed by atoms with Crippen LogP contribution in [0.3, 0.4) is 0 Å². The Morgan fingerprint density at radius 2 is 1.94 bits per heavy atom. The minimum absolute atomic E-state index is 0.388. The number of hydrogen-bond acceptors (Lipinski definition) is 4. The van der Waals surface area contributed by atoms with Crippen molar-refractivity contribution in [3.8, 4) is 0 Å². The Balaban J connectivity index is 1.17. The highest BCUT2D eigenvalue weighted by Gasteiger charge is 2.22. The lowest BCUT2D eigenvalue weighted by atomic mass is 9.84. The molecule has 1 unspecified atom stereocenters. The quantitative estimate of drug-likeness (QED) is 0.312. The van der Waals surface area contributed by atoms with Gasteiger partial charge in [0.1, 0.15) is 5.82 Å². The number of anilines is 2. The van der Waals surface area contributed by atoms with E-state index in [9.17, 15) is 0 Å². The number of rotatable bonds is 6. The fourth-order valence-electron chi connectivity index (χ4n) is 4.59. The number of allylic oxidation sites excluding steroid dienone is 3. The summed E-state index contributed by atoms with van der Waals surface area (Å²) < 4.78 is 2.24. The van der Waals surface area contributed by atoms with E-state index in [1.807, 2.05) is 0 Å². The summed E-state index contributed by atoms with van der Waals surface area (Å²) in [4.78, 5) is 0. The Bertz CT molecular complexity index is 1040. The standard InChI is InChI=1S/C25H28Br2N4/c26-17-13-20-22(9-12-30-25(20)21(27)14-17)28-10-4-11-29-24-15-19(16-5-3-6-16)18-7-1-2-8-23(18)31-24/h1-2,7-8,13-15,22,28-31H,3-6,9-12H2. The highest BCUT2D eigenvalue weighted by molar-refractivity contribution is 9.11. The molecule has 2 aliphatic heterocycles. The SMILES string of the molecule is Brc1cc(Br)c2c(c1)C(NCCCNC1=CC(=C3CCC3)c3ccccc3N1)CCN2. The molecule has 0 bridgehead atoms. The molecule has 0 aromatic heterocycles. The van der Waals surface area contributed by atoms with Crippen LogP contribution in [0.4, 0.5) is 11.4 Å². The number of fused-ring (bicyclic) bond motifs is 2. The fourth-order valence-corrected chi connectivity index (χ4v) is 5.99. The van der Waals surface area contributed by atoms with Crippen molar-refractivity contribution in [3.05, 3.63) is 73.9 Å². The van der Waals surface area contributed by atoms with E-state index < -0.39 is 0 Å². The molecular formula is C25H28Br2N4. The zero-order chi connectivity index (χ0) is 21.2. The zero-order valence-electron chi connectivity index (χ0n) is 17.5. The van der Waals surface area contributed by atoms with Crippen molar-refractivity contribution >= 4 is 48.8 Å². The van der Waals surface area contributed by atoms with Gasteiger partial charge in [-0.05, 0) is 90.0 Å². The first-order valence-electron chi connectivity index (χ1n) is 11.2. The Kier molecular flexibility index (Phi) is 6.39. The second-order valence-corrected chi connectivity index (χ2v) is 10.2. The van der Waals surface area contributed by atoms with Crippen LogP contribution in [0.15, 0.2) is 62.8 Å². The lowest BCUT2D eigenvalue weighted by molar-refractivity contribution is 0.490. The summed E-state index contributed by atoms with van der Waals surface area (Å²) in [6.45, 7) is 2.92. The highest BCUT2D eigenvalue weighted by atomic mass is 79.9. The zero-order valence-corrected chi connectivity index (χ0v) is 20.7. The molecule has 162 valence electrons. The molecule has 4 nitrogen and oxygen atoms in total. The molecule has 4 N–H and O–H groups in total. The van der Waals surface area contributed by atoms with Crippen LogP contribution in [0.2, 0.25) is 0 Å². The Hall–Kier alpha value is -1.76. The monoisotopic (exact) mass is 542 g/mol. The second-order valence-electron chi connectivity index (χ2n) is 8.45. The third kappa shape index (κ3) is 4.57. The highest BCUT2D eigenvalue weighted by Crippen LogP contribution is 2.40. The van der Waals surface area contributed by atoms with E-state index in [4.69, 9.17) is 0 Å². The van der Waals surface area contributed by atoms with Crippen molar-refractivity contribution in [3.63, 3.8) is 0 Å². The molecule has 1 fully saturated rings. The van der Waals surface area contributed by atoms with E-state index in [1.165, 1.54) is 47.3 Å². The molecule has 31 heavy (non-hydrogen) atoms. The predicted octanol–water partition coefficient (Wildman–Crippen LogP) is 6.54. The van der Waals surface area contributed by atoms with Gasteiger partial charge in [0, 0.05) is 39.3 Å². The third-order valence-electron chi connectivity index (χ3n) is 6.37. The van der Waals surface area contributed by atoms with Crippen molar-refractivity contribution in [1.29, 1.82) is 0 Å². The molecule has 5 rings (SSSR count). The van der Waals surface area contributed by atoms with Crippen molar-refractivity contribution < 1.29 is 0 Å². The van der Waals surface area contributed by atoms with Crippen LogP contribution in [-0.4, -0.2) is 19.6 Å². The van der Waals surface area contributed by atoms with Gasteiger partial charge >= 0.3 is 0 Å². The summed E-state index contributed by atoms with van der Waals surface area (Å²) in [5.41, 5.74) is 8.12. The van der Waals surface area contributed by atoms with Crippen LogP contribution in [0.1, 0.15) is 49.3 Å². The van der Waals surface area contributed by atoms with Crippen LogP contribution < -0.4 is 21.3 Å². The first kappa shape index (κ1) is 21.1. The summed E-state index contributed by atoms with van der Waals surface area (Å²) in [5.74, 6) is 1.12. The molecule has 3 aliphatic rings. The average Bonchev–Trinajstić information content (AvgIpc) is 2.72. The normalized spacial score (nSPS) is 19.4. The number of halogens is 2. The van der Waals surface area contributed by atoms with Gasteiger partial charge in [-0.3, -0.25) is 0 Å². The van der Waals surface area contributed by atoms with Gasteiger partial charge in [0.25, 0.3) is 0 Å². The molecule has 6 heteroatoms. The van der Waals surface area contributed by atoms with E-state index in [0.29, 0.717) is 6.04 Å². The van der Waals surface area contributed by atoms with E-state index in [2.05, 4.69) is 95.6 Å². The smallest absolute Gasteiger partial charge is 0.104 e. The third-order valence-corrected chi connectivity index (χ3v) is 7.45. The predicted molar refractivity (Wildman–Crippen MR) is 137 cm³/mol. The number of nitrogens with one attached hydrogen (secondary N) is 4. The summed E-state index contributed by atoms with van der Waals surface area (Å²) >= 11 is 7.32. The maximum Gasteiger partial charge on any atom is 0.104 e. The van der Waals surface area contributed by atoms with Gasteiger partial charge < -0.3 is 21.3 Å². The second kappa shape index (κ2) is 9.39. The molecule has 0 amide bonds. The first-order chi connectivity index (χ1) is 15.2. The molecule has 0 spiro atoms. The van der Waals surface area contributed by atoms with Crippen molar-refractivity contribution in [2.24, 2.45) is 0 Å². The summed E-state index contributed by atoms with van der Waals surface area (Å²) in [6.07, 6.45) is 8.28. The molecule has 1 aliphatic carbocycles. The fraction of sp³-hybridized carbons (Fsp3) is 0.360. The van der Waals surface area contributed by atoms with Crippen LogP contribution in [-0.2, 0) is 0 Å². The van der Waals surface area contributed by atoms with E-state index >= 15 is 0 Å². The molecule has 2 heterocycles. The van der Waals surface area contributed by atoms with Crippen molar-refractivity contribution in [2.75, 3.05) is 30.3 Å². The molecule has 0 saturated heterocycles. The van der Waals surface area contributed by atoms with Crippen LogP contribution in [0, 0.1) is 0 Å². The van der Waals surface area contributed by atoms with Crippen LogP contribution in [0.25, 0.3) is 5.57 Å². The largest absolute Gasteiger partial charge is 0.384 e. The Labute approximate surface area is 201 Å². The Morgan fingerprint density at radius 3 is 2.77 bits per heavy atom. The van der Waals surface area contributed by atoms with Gasteiger partial charge in [-0.25, -0.2) is 0 Å². The Morgan fingerprint density at radius 1 is 1.06 bits per heavy atom. The molecule has 0 radical (unpaired) electrons. The number of hydrogen-bond donors (Lipinski definition) is 4. The van der Waals surface area contributed by atoms with Gasteiger partial charge in [0.05, 0.1) is 5.69 Å². The number of benzene rings is 2. The topological polar surface area (TPSA) is 48.1 Å². The lowest BCUT2D eigenvalue weighted by Crippen LogP contribution is -2.31. The molecule has 2 aromatic rings. The van der Waals surface area contributed by atoms with Crippen LogP contribution >= 0.6 is 31.9 Å². The van der Waals surface area contributed by atoms with Gasteiger partial charge in [0.2, 0.25) is 0 Å². The van der Waals surface area contributed by atoms with Crippen LogP contribution in [0.5, 0.6) is 0 Å². The van der Waals surface area contributed by atoms with Crippen molar-refractivity contribution in [2.45, 2.75) is 38.1 Å². The van der Waals surface area contributed by atoms with Gasteiger partial charge in [-0.15, -0.1) is 0 Å². The van der Waals surface area contributed by atoms with E-state index in [-0.39, 0.29) is 0 Å². The maximum atomic E-state index is 3.76. The first-order valence-corrected chi connectivity index (χ1v) is 12.8. The minimum atomic E-state index is 0.388. The molecule has 1 saturated carbocycles. The van der Waals surface area contributed by atoms with E-state index in [0.717, 1.165) is 47.2 Å². The van der Waals surface area contributed by atoms with Gasteiger partial charge in [-0.2, -0.15) is 0 Å². The van der Waals surface area contributed by atoms with E-state index in [1.54, 1.807) is 5.57 Å². The molecule has 1 atom stereocenters. The summed E-state index contributed by atoms with van der Waals surface area (Å²) in [7, 11) is 0. The molecule has 2 aromatic carbocycles. The van der Waals surface area contributed by atoms with Crippen molar-refractivity contribution in [1.82, 2.24) is 10.6 Å². The lowest BCUT2D eigenvalue weighted by Gasteiger charge is -2.29.